The van der Waals surface area contributed by atoms with Crippen LogP contribution in [-0.4, -0.2) is 52.9 Å². The summed E-state index contributed by atoms with van der Waals surface area (Å²) in [6.45, 7) is 8.07. The molecule has 2 amide bonds. The first-order chi connectivity index (χ1) is 14.1. The van der Waals surface area contributed by atoms with Crippen LogP contribution in [0.25, 0.3) is 11.4 Å². The van der Waals surface area contributed by atoms with Crippen LogP contribution in [0.15, 0.2) is 24.3 Å². The Morgan fingerprint density at radius 2 is 1.97 bits per heavy atom. The Labute approximate surface area is 182 Å². The third kappa shape index (κ3) is 4.68. The average molecular weight is 432 g/mol. The minimum Gasteiger partial charge on any atom is -0.357 e. The molecule has 2 heterocycles. The molecule has 1 aromatic carbocycles. The lowest BCUT2D eigenvalue weighted by molar-refractivity contribution is -0.124. The van der Waals surface area contributed by atoms with Crippen molar-refractivity contribution in [2.75, 3.05) is 20.6 Å². The number of fused-ring (bicyclic) bond motifs is 1. The van der Waals surface area contributed by atoms with Crippen molar-refractivity contribution >= 4 is 23.4 Å². The number of aromatic nitrogens is 2. The van der Waals surface area contributed by atoms with Crippen molar-refractivity contribution in [1.29, 1.82) is 0 Å². The zero-order valence-corrected chi connectivity index (χ0v) is 19.0. The summed E-state index contributed by atoms with van der Waals surface area (Å²) < 4.78 is 2.11. The van der Waals surface area contributed by atoms with Crippen molar-refractivity contribution in [3.63, 3.8) is 0 Å². The highest BCUT2D eigenvalue weighted by atomic mass is 35.5. The molecule has 0 fully saturated rings. The third-order valence-corrected chi connectivity index (χ3v) is 5.60. The summed E-state index contributed by atoms with van der Waals surface area (Å²) in [5.41, 5.74) is 1.63. The van der Waals surface area contributed by atoms with Crippen molar-refractivity contribution in [3.05, 3.63) is 40.7 Å². The summed E-state index contributed by atoms with van der Waals surface area (Å²) in [7, 11) is 3.61. The van der Waals surface area contributed by atoms with Crippen molar-refractivity contribution in [1.82, 2.24) is 25.1 Å². The number of hydrogen-bond acceptors (Lipinski definition) is 4. The summed E-state index contributed by atoms with van der Waals surface area (Å²) >= 11 is 6.20. The van der Waals surface area contributed by atoms with Gasteiger partial charge in [-0.25, -0.2) is 4.98 Å². The molecule has 8 heteroatoms. The maximum atomic E-state index is 13.3. The molecule has 30 heavy (non-hydrogen) atoms. The quantitative estimate of drug-likeness (QED) is 0.780. The maximum absolute atomic E-state index is 13.3. The molecule has 7 nitrogen and oxygen atoms in total. The Balaban J connectivity index is 2.05. The summed E-state index contributed by atoms with van der Waals surface area (Å²) in [6, 6.07) is 6.82. The molecule has 0 bridgehead atoms. The number of likely N-dealkylation sites (N-methyl/N-ethyl adjacent to an activating group) is 1. The van der Waals surface area contributed by atoms with Gasteiger partial charge >= 0.3 is 0 Å². The lowest BCUT2D eigenvalue weighted by Gasteiger charge is -2.29. The second-order valence-corrected chi connectivity index (χ2v) is 9.31. The number of nitrogens with zero attached hydrogens (tertiary/aromatic N) is 3. The van der Waals surface area contributed by atoms with E-state index in [1.54, 1.807) is 7.05 Å². The third-order valence-electron chi connectivity index (χ3n) is 5.36. The van der Waals surface area contributed by atoms with Crippen molar-refractivity contribution in [2.45, 2.75) is 46.3 Å². The Kier molecular flexibility index (Phi) is 6.53. The van der Waals surface area contributed by atoms with Gasteiger partial charge in [-0.05, 0) is 37.6 Å². The van der Waals surface area contributed by atoms with Crippen LogP contribution >= 0.6 is 11.6 Å². The van der Waals surface area contributed by atoms with E-state index in [1.165, 1.54) is 0 Å². The van der Waals surface area contributed by atoms with Gasteiger partial charge in [0.2, 0.25) is 5.91 Å². The van der Waals surface area contributed by atoms with Crippen molar-refractivity contribution in [2.24, 2.45) is 5.41 Å². The van der Waals surface area contributed by atoms with Crippen LogP contribution in [0.3, 0.4) is 0 Å². The number of benzene rings is 1. The minimum atomic E-state index is -0.675. The summed E-state index contributed by atoms with van der Waals surface area (Å²) in [5, 5.41) is 6.18. The van der Waals surface area contributed by atoms with E-state index < -0.39 is 11.5 Å². The Morgan fingerprint density at radius 1 is 1.23 bits per heavy atom. The standard InChI is InChI=1S/C22H30ClN5O2/c1-22(2,3)18(21(30)24-4)26-20(29)17-16-13-27(5)10-7-11-28(16)19(25-17)14-8-6-9-15(23)12-14/h6,8-9,12,18H,7,10-11,13H2,1-5H3,(H,24,30)(H,26,29). The molecule has 0 saturated heterocycles. The number of rotatable bonds is 4. The van der Waals surface area contributed by atoms with Crippen molar-refractivity contribution in [3.8, 4) is 11.4 Å². The summed E-state index contributed by atoms with van der Waals surface area (Å²) in [6.07, 6.45) is 0.956. The van der Waals surface area contributed by atoms with E-state index in [0.29, 0.717) is 17.3 Å². The zero-order chi connectivity index (χ0) is 22.1. The Morgan fingerprint density at radius 3 is 2.60 bits per heavy atom. The summed E-state index contributed by atoms with van der Waals surface area (Å²) in [4.78, 5) is 32.6. The van der Waals surface area contributed by atoms with Gasteiger partial charge in [0.1, 0.15) is 11.9 Å². The molecule has 1 aliphatic heterocycles. The second kappa shape index (κ2) is 8.78. The lowest BCUT2D eigenvalue weighted by atomic mass is 9.86. The largest absolute Gasteiger partial charge is 0.357 e. The van der Waals surface area contributed by atoms with Crippen LogP contribution in [-0.2, 0) is 17.9 Å². The average Bonchev–Trinajstić information content (AvgIpc) is 2.91. The molecule has 1 aromatic heterocycles. The van der Waals surface area contributed by atoms with Gasteiger partial charge in [0.25, 0.3) is 5.91 Å². The number of amides is 2. The molecule has 2 N–H and O–H groups in total. The highest BCUT2D eigenvalue weighted by molar-refractivity contribution is 6.30. The number of imidazole rings is 1. The Bertz CT molecular complexity index is 947. The van der Waals surface area contributed by atoms with Gasteiger partial charge in [-0.15, -0.1) is 0 Å². The van der Waals surface area contributed by atoms with E-state index in [9.17, 15) is 9.59 Å². The molecule has 0 saturated carbocycles. The fourth-order valence-electron chi connectivity index (χ4n) is 3.77. The lowest BCUT2D eigenvalue weighted by Crippen LogP contribution is -2.53. The molecule has 162 valence electrons. The summed E-state index contributed by atoms with van der Waals surface area (Å²) in [5.74, 6) is 0.152. The van der Waals surface area contributed by atoms with E-state index >= 15 is 0 Å². The van der Waals surface area contributed by atoms with Crippen LogP contribution in [0.2, 0.25) is 5.02 Å². The molecule has 1 aliphatic rings. The minimum absolute atomic E-state index is 0.228. The SMILES string of the molecule is CNC(=O)C(NC(=O)c1nc(-c2cccc(Cl)c2)n2c1CN(C)CCC2)C(C)(C)C. The normalized spacial score (nSPS) is 15.8. The number of halogens is 1. The molecule has 0 spiro atoms. The molecule has 0 aliphatic carbocycles. The van der Waals surface area contributed by atoms with Gasteiger partial charge in [0.05, 0.1) is 5.69 Å². The number of carbonyl (C=O) groups is 2. The highest BCUT2D eigenvalue weighted by Gasteiger charge is 2.34. The monoisotopic (exact) mass is 431 g/mol. The zero-order valence-electron chi connectivity index (χ0n) is 18.3. The molecular formula is C22H30ClN5O2. The molecule has 0 radical (unpaired) electrons. The maximum Gasteiger partial charge on any atom is 0.272 e. The van der Waals surface area contributed by atoms with E-state index in [0.717, 1.165) is 36.6 Å². The smallest absolute Gasteiger partial charge is 0.272 e. The van der Waals surface area contributed by atoms with E-state index in [-0.39, 0.29) is 11.8 Å². The highest BCUT2D eigenvalue weighted by Crippen LogP contribution is 2.28. The fraction of sp³-hybridized carbons (Fsp3) is 0.500. The Hall–Kier alpha value is -2.38. The second-order valence-electron chi connectivity index (χ2n) is 8.87. The van der Waals surface area contributed by atoms with Gasteiger partial charge in [-0.1, -0.05) is 44.5 Å². The van der Waals surface area contributed by atoms with Gasteiger partial charge in [0, 0.05) is 30.7 Å². The number of carbonyl (C=O) groups excluding carboxylic acids is 2. The van der Waals surface area contributed by atoms with Gasteiger partial charge < -0.3 is 20.1 Å². The first kappa shape index (κ1) is 22.3. The van der Waals surface area contributed by atoms with Crippen LogP contribution < -0.4 is 10.6 Å². The molecule has 1 unspecified atom stereocenters. The first-order valence-electron chi connectivity index (χ1n) is 10.2. The van der Waals surface area contributed by atoms with E-state index in [1.807, 2.05) is 52.1 Å². The van der Waals surface area contributed by atoms with Crippen LogP contribution in [0.1, 0.15) is 43.4 Å². The molecule has 3 rings (SSSR count). The molecule has 1 atom stereocenters. The van der Waals surface area contributed by atoms with Crippen LogP contribution in [0, 0.1) is 5.41 Å². The number of nitrogens with one attached hydrogen (secondary N) is 2. The van der Waals surface area contributed by atoms with E-state index in [4.69, 9.17) is 16.6 Å². The van der Waals surface area contributed by atoms with Gasteiger partial charge in [-0.2, -0.15) is 0 Å². The topological polar surface area (TPSA) is 79.3 Å². The molecule has 2 aromatic rings. The predicted octanol–water partition coefficient (Wildman–Crippen LogP) is 2.93. The van der Waals surface area contributed by atoms with Crippen LogP contribution in [0.5, 0.6) is 0 Å². The van der Waals surface area contributed by atoms with Gasteiger partial charge in [-0.3, -0.25) is 9.59 Å². The number of hydrogen-bond donors (Lipinski definition) is 2. The first-order valence-corrected chi connectivity index (χ1v) is 10.6. The van der Waals surface area contributed by atoms with Gasteiger partial charge in [0.15, 0.2) is 5.69 Å². The fourth-order valence-corrected chi connectivity index (χ4v) is 3.96. The molecular weight excluding hydrogens is 402 g/mol. The van der Waals surface area contributed by atoms with Crippen molar-refractivity contribution < 1.29 is 9.59 Å². The predicted molar refractivity (Wildman–Crippen MR) is 118 cm³/mol. The van der Waals surface area contributed by atoms with E-state index in [2.05, 4.69) is 20.1 Å². The van der Waals surface area contributed by atoms with Crippen LogP contribution in [0.4, 0.5) is 0 Å².